The fourth-order valence-corrected chi connectivity index (χ4v) is 6.08. The topological polar surface area (TPSA) is 61.4 Å². The molecule has 33 heavy (non-hydrogen) atoms. The fourth-order valence-electron chi connectivity index (χ4n) is 6.08. The van der Waals surface area contributed by atoms with Crippen molar-refractivity contribution >= 4 is 17.4 Å². The number of anilines is 2. The molecule has 3 fully saturated rings. The summed E-state index contributed by atoms with van der Waals surface area (Å²) in [6.45, 7) is 5.37. The van der Waals surface area contributed by atoms with E-state index in [-0.39, 0.29) is 5.91 Å². The largest absolute Gasteiger partial charge is 0.355 e. The Balaban J connectivity index is 1.15. The Labute approximate surface area is 197 Å². The van der Waals surface area contributed by atoms with E-state index in [2.05, 4.69) is 38.4 Å². The lowest BCUT2D eigenvalue weighted by atomic mass is 9.87. The van der Waals surface area contributed by atoms with Gasteiger partial charge in [0.25, 0.3) is 0 Å². The number of carbonyl (C=O) groups excluding carboxylic acids is 1. The van der Waals surface area contributed by atoms with E-state index in [9.17, 15) is 4.79 Å². The quantitative estimate of drug-likeness (QED) is 0.677. The first-order chi connectivity index (χ1) is 16.0. The van der Waals surface area contributed by atoms with Crippen LogP contribution in [0.1, 0.15) is 58.3 Å². The van der Waals surface area contributed by atoms with E-state index in [1.165, 1.54) is 77.9 Å². The average Bonchev–Trinajstić information content (AvgIpc) is 3.54. The molecular formula is C27H37N5O. The molecule has 1 spiro atoms. The second-order valence-electron chi connectivity index (χ2n) is 10.5. The van der Waals surface area contributed by atoms with Crippen LogP contribution in [0.15, 0.2) is 36.4 Å². The van der Waals surface area contributed by atoms with Gasteiger partial charge >= 0.3 is 0 Å². The molecule has 1 aliphatic heterocycles. The molecule has 6 heteroatoms. The van der Waals surface area contributed by atoms with Crippen molar-refractivity contribution in [3.63, 3.8) is 0 Å². The lowest BCUT2D eigenvalue weighted by Crippen LogP contribution is -2.40. The van der Waals surface area contributed by atoms with E-state index in [1.54, 1.807) is 0 Å². The highest BCUT2D eigenvalue weighted by Gasteiger charge is 2.57. The number of nitrogens with one attached hydrogen (secondary N) is 1. The van der Waals surface area contributed by atoms with Crippen LogP contribution in [0, 0.1) is 11.3 Å². The summed E-state index contributed by atoms with van der Waals surface area (Å²) in [5.41, 5.74) is 3.12. The number of hydrogen-bond donors (Lipinski definition) is 1. The molecule has 1 amide bonds. The molecule has 1 saturated heterocycles. The van der Waals surface area contributed by atoms with Crippen molar-refractivity contribution < 1.29 is 4.79 Å². The van der Waals surface area contributed by atoms with Crippen LogP contribution in [-0.4, -0.2) is 53.7 Å². The van der Waals surface area contributed by atoms with Gasteiger partial charge in [0.05, 0.1) is 5.69 Å². The van der Waals surface area contributed by atoms with E-state index in [4.69, 9.17) is 0 Å². The van der Waals surface area contributed by atoms with E-state index in [0.29, 0.717) is 11.5 Å². The van der Waals surface area contributed by atoms with Crippen LogP contribution in [0.2, 0.25) is 0 Å². The molecule has 6 nitrogen and oxygen atoms in total. The molecule has 1 atom stereocenters. The highest BCUT2D eigenvalue weighted by molar-refractivity contribution is 5.88. The van der Waals surface area contributed by atoms with Gasteiger partial charge in [0.15, 0.2) is 5.82 Å². The molecule has 2 aliphatic carbocycles. The summed E-state index contributed by atoms with van der Waals surface area (Å²) >= 11 is 0. The molecule has 176 valence electrons. The number of aromatic nitrogens is 2. The zero-order chi connectivity index (χ0) is 22.8. The number of rotatable bonds is 6. The van der Waals surface area contributed by atoms with E-state index in [0.717, 1.165) is 28.7 Å². The second kappa shape index (κ2) is 9.41. The maximum atomic E-state index is 11.2. The van der Waals surface area contributed by atoms with Crippen LogP contribution < -0.4 is 10.2 Å². The molecule has 2 heterocycles. The summed E-state index contributed by atoms with van der Waals surface area (Å²) < 4.78 is 0. The third-order valence-corrected chi connectivity index (χ3v) is 8.22. The number of piperidine rings is 1. The highest BCUT2D eigenvalue weighted by Crippen LogP contribution is 2.56. The maximum Gasteiger partial charge on any atom is 0.221 e. The number of nitrogens with zero attached hydrogens (tertiary/aromatic N) is 4. The molecule has 0 radical (unpaired) electrons. The van der Waals surface area contributed by atoms with Gasteiger partial charge in [-0.15, -0.1) is 10.2 Å². The SMILES string of the molecule is CC(=O)Nc1ccc(-c2ccc(N(C)[C@H]3CC34CCN(CC3CCCCC3)CC4)nn2)cc1. The van der Waals surface area contributed by atoms with Crippen molar-refractivity contribution in [3.05, 3.63) is 36.4 Å². The first kappa shape index (κ1) is 22.3. The Kier molecular flexibility index (Phi) is 6.37. The van der Waals surface area contributed by atoms with Crippen LogP contribution in [-0.2, 0) is 4.79 Å². The number of amides is 1. The Morgan fingerprint density at radius 1 is 1.06 bits per heavy atom. The van der Waals surface area contributed by atoms with Crippen LogP contribution in [0.3, 0.4) is 0 Å². The van der Waals surface area contributed by atoms with E-state index >= 15 is 0 Å². The third-order valence-electron chi connectivity index (χ3n) is 8.22. The normalized spacial score (nSPS) is 22.8. The van der Waals surface area contributed by atoms with Gasteiger partial charge in [0, 0.05) is 37.8 Å². The van der Waals surface area contributed by atoms with Gasteiger partial charge in [-0.2, -0.15) is 0 Å². The molecule has 1 aromatic carbocycles. The molecule has 2 aromatic rings. The van der Waals surface area contributed by atoms with E-state index < -0.39 is 0 Å². The summed E-state index contributed by atoms with van der Waals surface area (Å²) in [5.74, 6) is 1.84. The number of carbonyl (C=O) groups is 1. The zero-order valence-electron chi connectivity index (χ0n) is 20.1. The molecule has 1 N–H and O–H groups in total. The second-order valence-corrected chi connectivity index (χ2v) is 10.5. The minimum atomic E-state index is -0.0670. The predicted octanol–water partition coefficient (Wildman–Crippen LogP) is 4.97. The number of benzene rings is 1. The predicted molar refractivity (Wildman–Crippen MR) is 133 cm³/mol. The van der Waals surface area contributed by atoms with Crippen molar-refractivity contribution in [3.8, 4) is 11.3 Å². The molecule has 0 unspecified atom stereocenters. The lowest BCUT2D eigenvalue weighted by molar-refractivity contribution is -0.114. The summed E-state index contributed by atoms with van der Waals surface area (Å²) in [4.78, 5) is 16.3. The third kappa shape index (κ3) is 5.06. The molecule has 1 aromatic heterocycles. The molecule has 5 rings (SSSR count). The summed E-state index contributed by atoms with van der Waals surface area (Å²) in [6, 6.07) is 12.5. The lowest BCUT2D eigenvalue weighted by Gasteiger charge is -2.37. The minimum Gasteiger partial charge on any atom is -0.355 e. The van der Waals surface area contributed by atoms with Crippen molar-refractivity contribution in [2.45, 2.75) is 64.3 Å². The number of hydrogen-bond acceptors (Lipinski definition) is 5. The Morgan fingerprint density at radius 3 is 2.42 bits per heavy atom. The maximum absolute atomic E-state index is 11.2. The summed E-state index contributed by atoms with van der Waals surface area (Å²) in [5, 5.41) is 11.8. The summed E-state index contributed by atoms with van der Waals surface area (Å²) in [7, 11) is 2.18. The smallest absolute Gasteiger partial charge is 0.221 e. The van der Waals surface area contributed by atoms with Gasteiger partial charge in [0.1, 0.15) is 0 Å². The van der Waals surface area contributed by atoms with Crippen LogP contribution in [0.5, 0.6) is 0 Å². The van der Waals surface area contributed by atoms with Gasteiger partial charge in [0.2, 0.25) is 5.91 Å². The van der Waals surface area contributed by atoms with Crippen molar-refractivity contribution in [2.24, 2.45) is 11.3 Å². The van der Waals surface area contributed by atoms with Crippen LogP contribution >= 0.6 is 0 Å². The monoisotopic (exact) mass is 447 g/mol. The summed E-state index contributed by atoms with van der Waals surface area (Å²) in [6.07, 6.45) is 11.1. The first-order valence-electron chi connectivity index (χ1n) is 12.7. The van der Waals surface area contributed by atoms with Crippen LogP contribution in [0.25, 0.3) is 11.3 Å². The van der Waals surface area contributed by atoms with Crippen molar-refractivity contribution in [2.75, 3.05) is 36.9 Å². The molecular weight excluding hydrogens is 410 g/mol. The van der Waals surface area contributed by atoms with Gasteiger partial charge in [-0.05, 0) is 80.8 Å². The minimum absolute atomic E-state index is 0.0670. The van der Waals surface area contributed by atoms with Gasteiger partial charge < -0.3 is 15.1 Å². The average molecular weight is 448 g/mol. The Hall–Kier alpha value is -2.47. The molecule has 0 bridgehead atoms. The molecule has 2 saturated carbocycles. The zero-order valence-corrected chi connectivity index (χ0v) is 20.1. The van der Waals surface area contributed by atoms with Gasteiger partial charge in [-0.3, -0.25) is 4.79 Å². The highest BCUT2D eigenvalue weighted by atomic mass is 16.1. The van der Waals surface area contributed by atoms with Gasteiger partial charge in [-0.25, -0.2) is 0 Å². The van der Waals surface area contributed by atoms with Crippen LogP contribution in [0.4, 0.5) is 11.5 Å². The Morgan fingerprint density at radius 2 is 1.79 bits per heavy atom. The standard InChI is InChI=1S/C27H37N5O/c1-20(33)28-23-10-8-22(9-11-23)24-12-13-26(30-29-24)31(2)25-18-27(25)14-16-32(17-15-27)19-21-6-4-3-5-7-21/h8-13,21,25H,3-7,14-19H2,1-2H3,(H,28,33)/t25-/m0/s1. The Bertz CT molecular complexity index is 943. The molecule has 3 aliphatic rings. The van der Waals surface area contributed by atoms with E-state index in [1.807, 2.05) is 30.3 Å². The first-order valence-corrected chi connectivity index (χ1v) is 12.7. The van der Waals surface area contributed by atoms with Gasteiger partial charge in [-0.1, -0.05) is 31.4 Å². The van der Waals surface area contributed by atoms with Crippen molar-refractivity contribution in [1.82, 2.24) is 15.1 Å². The fraction of sp³-hybridized carbons (Fsp3) is 0.593. The van der Waals surface area contributed by atoms with Crippen molar-refractivity contribution in [1.29, 1.82) is 0 Å². The number of likely N-dealkylation sites (tertiary alicyclic amines) is 1.